The Morgan fingerprint density at radius 3 is 2.81 bits per heavy atom. The molecule has 1 aliphatic rings. The van der Waals surface area contributed by atoms with Gasteiger partial charge in [-0.05, 0) is 66.9 Å². The first-order valence-corrected chi connectivity index (χ1v) is 10.7. The van der Waals surface area contributed by atoms with E-state index in [1.807, 2.05) is 6.07 Å². The maximum atomic E-state index is 14.4. The molecule has 1 amide bonds. The van der Waals surface area contributed by atoms with Crippen molar-refractivity contribution in [3.63, 3.8) is 0 Å². The van der Waals surface area contributed by atoms with E-state index >= 15 is 0 Å². The van der Waals surface area contributed by atoms with Crippen LogP contribution in [0.4, 0.5) is 8.78 Å². The molecule has 2 heterocycles. The van der Waals surface area contributed by atoms with Gasteiger partial charge in [0.05, 0.1) is 12.1 Å². The van der Waals surface area contributed by atoms with Crippen molar-refractivity contribution in [3.8, 4) is 11.5 Å². The number of benzene rings is 2. The van der Waals surface area contributed by atoms with Crippen LogP contribution in [0.3, 0.4) is 0 Å². The van der Waals surface area contributed by atoms with Crippen LogP contribution < -0.4 is 10.1 Å². The minimum atomic E-state index is -0.500. The molecule has 1 atom stereocenters. The summed E-state index contributed by atoms with van der Waals surface area (Å²) in [5.41, 5.74) is 1.55. The highest BCUT2D eigenvalue weighted by Gasteiger charge is 2.25. The van der Waals surface area contributed by atoms with E-state index in [1.54, 1.807) is 36.5 Å². The first-order valence-electron chi connectivity index (χ1n) is 10.7. The lowest BCUT2D eigenvalue weighted by molar-refractivity contribution is -0.126. The molecule has 5 nitrogen and oxygen atoms in total. The van der Waals surface area contributed by atoms with Crippen molar-refractivity contribution in [2.75, 3.05) is 13.1 Å². The second kappa shape index (κ2) is 10.3. The number of hydrogen-bond donors (Lipinski definition) is 1. The summed E-state index contributed by atoms with van der Waals surface area (Å²) in [6.07, 6.45) is 4.83. The fraction of sp³-hybridized carbons (Fsp3) is 0.280. The van der Waals surface area contributed by atoms with Gasteiger partial charge in [-0.25, -0.2) is 8.78 Å². The van der Waals surface area contributed by atoms with Gasteiger partial charge in [-0.15, -0.1) is 0 Å². The number of nitrogens with one attached hydrogen (secondary N) is 1. The average molecular weight is 437 g/mol. The van der Waals surface area contributed by atoms with Gasteiger partial charge in [-0.1, -0.05) is 18.2 Å². The van der Waals surface area contributed by atoms with Gasteiger partial charge in [-0.2, -0.15) is 0 Å². The lowest BCUT2D eigenvalue weighted by Crippen LogP contribution is -2.42. The molecule has 2 aromatic carbocycles. The van der Waals surface area contributed by atoms with Gasteiger partial charge in [0.25, 0.3) is 0 Å². The van der Waals surface area contributed by atoms with Crippen LogP contribution in [0.1, 0.15) is 24.0 Å². The molecule has 1 aromatic heterocycles. The smallest absolute Gasteiger partial charge is 0.224 e. The van der Waals surface area contributed by atoms with Crippen LogP contribution in [0.25, 0.3) is 0 Å². The highest BCUT2D eigenvalue weighted by atomic mass is 19.1. The summed E-state index contributed by atoms with van der Waals surface area (Å²) < 4.78 is 33.3. The molecule has 0 bridgehead atoms. The van der Waals surface area contributed by atoms with Gasteiger partial charge in [0.2, 0.25) is 5.91 Å². The highest BCUT2D eigenvalue weighted by molar-refractivity contribution is 5.79. The average Bonchev–Trinajstić information content (AvgIpc) is 2.80. The molecule has 0 spiro atoms. The minimum absolute atomic E-state index is 0.0509. The predicted molar refractivity (Wildman–Crippen MR) is 117 cm³/mol. The van der Waals surface area contributed by atoms with Crippen molar-refractivity contribution in [1.82, 2.24) is 15.2 Å². The monoisotopic (exact) mass is 437 g/mol. The first kappa shape index (κ1) is 21.9. The SMILES string of the molecule is O=C(NCc1ccc(Oc2cccnc2)c(F)c1)C1CCCN(Cc2cccc(F)c2)C1. The van der Waals surface area contributed by atoms with Gasteiger partial charge < -0.3 is 10.1 Å². The molecule has 166 valence electrons. The van der Waals surface area contributed by atoms with Crippen molar-refractivity contribution >= 4 is 5.91 Å². The summed E-state index contributed by atoms with van der Waals surface area (Å²) >= 11 is 0. The minimum Gasteiger partial charge on any atom is -0.453 e. The van der Waals surface area contributed by atoms with Crippen LogP contribution in [0.2, 0.25) is 0 Å². The lowest BCUT2D eigenvalue weighted by atomic mass is 9.96. The molecule has 1 unspecified atom stereocenters. The summed E-state index contributed by atoms with van der Waals surface area (Å²) in [7, 11) is 0. The Bertz CT molecular complexity index is 1060. The molecule has 0 radical (unpaired) electrons. The van der Waals surface area contributed by atoms with Crippen LogP contribution in [0, 0.1) is 17.6 Å². The van der Waals surface area contributed by atoms with Gasteiger partial charge >= 0.3 is 0 Å². The number of halogens is 2. The Balaban J connectivity index is 1.29. The number of carbonyl (C=O) groups is 1. The Labute approximate surface area is 186 Å². The maximum absolute atomic E-state index is 14.4. The number of carbonyl (C=O) groups excluding carboxylic acids is 1. The molecule has 32 heavy (non-hydrogen) atoms. The lowest BCUT2D eigenvalue weighted by Gasteiger charge is -2.32. The van der Waals surface area contributed by atoms with E-state index in [0.29, 0.717) is 24.4 Å². The molecule has 0 aliphatic carbocycles. The third-order valence-electron chi connectivity index (χ3n) is 5.50. The largest absolute Gasteiger partial charge is 0.453 e. The number of rotatable bonds is 7. The fourth-order valence-corrected chi connectivity index (χ4v) is 3.91. The van der Waals surface area contributed by atoms with E-state index in [4.69, 9.17) is 4.74 Å². The fourth-order valence-electron chi connectivity index (χ4n) is 3.91. The van der Waals surface area contributed by atoms with E-state index in [9.17, 15) is 13.6 Å². The number of amides is 1. The number of nitrogens with zero attached hydrogens (tertiary/aromatic N) is 2. The van der Waals surface area contributed by atoms with Crippen LogP contribution in [-0.2, 0) is 17.9 Å². The Kier molecular flexibility index (Phi) is 7.07. The molecular weight excluding hydrogens is 412 g/mol. The normalized spacial score (nSPS) is 16.5. The Morgan fingerprint density at radius 1 is 1.12 bits per heavy atom. The summed E-state index contributed by atoms with van der Waals surface area (Å²) in [6.45, 7) is 2.35. The number of aromatic nitrogens is 1. The molecule has 7 heteroatoms. The van der Waals surface area contributed by atoms with Crippen molar-refractivity contribution < 1.29 is 18.3 Å². The third kappa shape index (κ3) is 5.88. The second-order valence-corrected chi connectivity index (χ2v) is 7.98. The van der Waals surface area contributed by atoms with Crippen LogP contribution in [0.5, 0.6) is 11.5 Å². The van der Waals surface area contributed by atoms with Gasteiger partial charge in [-0.3, -0.25) is 14.7 Å². The zero-order chi connectivity index (χ0) is 22.3. The number of pyridine rings is 1. The van der Waals surface area contributed by atoms with Crippen molar-refractivity contribution in [2.24, 2.45) is 5.92 Å². The molecule has 0 saturated carbocycles. The van der Waals surface area contributed by atoms with E-state index < -0.39 is 5.82 Å². The number of ether oxygens (including phenoxy) is 1. The molecule has 4 rings (SSSR count). The zero-order valence-corrected chi connectivity index (χ0v) is 17.6. The van der Waals surface area contributed by atoms with Gasteiger partial charge in [0.1, 0.15) is 11.6 Å². The van der Waals surface area contributed by atoms with Crippen LogP contribution in [-0.4, -0.2) is 28.9 Å². The molecule has 1 N–H and O–H groups in total. The summed E-state index contributed by atoms with van der Waals surface area (Å²) in [5.74, 6) is -0.390. The molecule has 3 aromatic rings. The number of hydrogen-bond acceptors (Lipinski definition) is 4. The highest BCUT2D eigenvalue weighted by Crippen LogP contribution is 2.25. The van der Waals surface area contributed by atoms with E-state index in [1.165, 1.54) is 24.4 Å². The quantitative estimate of drug-likeness (QED) is 0.583. The maximum Gasteiger partial charge on any atom is 0.224 e. The van der Waals surface area contributed by atoms with Crippen molar-refractivity contribution in [3.05, 3.63) is 89.8 Å². The second-order valence-electron chi connectivity index (χ2n) is 7.98. The number of likely N-dealkylation sites (tertiary alicyclic amines) is 1. The molecule has 1 saturated heterocycles. The van der Waals surface area contributed by atoms with Gasteiger partial charge in [0, 0.05) is 25.8 Å². The van der Waals surface area contributed by atoms with Crippen LogP contribution >= 0.6 is 0 Å². The zero-order valence-electron chi connectivity index (χ0n) is 17.6. The van der Waals surface area contributed by atoms with E-state index in [-0.39, 0.29) is 29.9 Å². The van der Waals surface area contributed by atoms with Gasteiger partial charge in [0.15, 0.2) is 11.6 Å². The third-order valence-corrected chi connectivity index (χ3v) is 5.50. The number of piperidine rings is 1. The molecule has 1 fully saturated rings. The summed E-state index contributed by atoms with van der Waals surface area (Å²) in [4.78, 5) is 18.8. The predicted octanol–water partition coefficient (Wildman–Crippen LogP) is 4.68. The molecule has 1 aliphatic heterocycles. The standard InChI is InChI=1S/C25H25F2N3O2/c26-21-6-1-4-19(12-21)16-30-11-3-5-20(17-30)25(31)29-14-18-8-9-24(23(27)13-18)32-22-7-2-10-28-15-22/h1-2,4,6-10,12-13,15,20H,3,5,11,14,16-17H2,(H,29,31). The summed E-state index contributed by atoms with van der Waals surface area (Å²) in [5, 5.41) is 2.92. The Morgan fingerprint density at radius 2 is 2.03 bits per heavy atom. The van der Waals surface area contributed by atoms with Crippen molar-refractivity contribution in [2.45, 2.75) is 25.9 Å². The summed E-state index contributed by atoms with van der Waals surface area (Å²) in [6, 6.07) is 14.6. The van der Waals surface area contributed by atoms with E-state index in [0.717, 1.165) is 24.9 Å². The topological polar surface area (TPSA) is 54.5 Å². The first-order chi connectivity index (χ1) is 15.6. The van der Waals surface area contributed by atoms with E-state index in [2.05, 4.69) is 15.2 Å². The molecular formula is C25H25F2N3O2. The Hall–Kier alpha value is -3.32. The van der Waals surface area contributed by atoms with Crippen molar-refractivity contribution in [1.29, 1.82) is 0 Å². The van der Waals surface area contributed by atoms with Crippen LogP contribution in [0.15, 0.2) is 67.0 Å².